The van der Waals surface area contributed by atoms with Gasteiger partial charge in [0.05, 0.1) is 5.75 Å². The second-order valence-corrected chi connectivity index (χ2v) is 5.30. The van der Waals surface area contributed by atoms with E-state index in [1.54, 1.807) is 0 Å². The zero-order chi connectivity index (χ0) is 9.68. The molecule has 0 heterocycles. The maximum Gasteiger partial charge on any atom is 0.145 e. The van der Waals surface area contributed by atoms with E-state index in [-0.39, 0.29) is 11.5 Å². The van der Waals surface area contributed by atoms with Gasteiger partial charge in [-0.05, 0) is 18.8 Å². The van der Waals surface area contributed by atoms with E-state index in [1.807, 2.05) is 6.92 Å². The van der Waals surface area contributed by atoms with E-state index in [1.165, 1.54) is 25.7 Å². The fourth-order valence-electron chi connectivity index (χ4n) is 1.78. The molecule has 0 amide bonds. The molecule has 0 aromatic heterocycles. The second-order valence-electron chi connectivity index (χ2n) is 3.79. The molecule has 1 atom stereocenters. The lowest BCUT2D eigenvalue weighted by Crippen LogP contribution is -2.16. The minimum Gasteiger partial charge on any atom is -0.299 e. The first-order valence-corrected chi connectivity index (χ1v) is 6.58. The molecule has 0 saturated heterocycles. The van der Waals surface area contributed by atoms with Crippen molar-refractivity contribution in [3.05, 3.63) is 0 Å². The van der Waals surface area contributed by atoms with Crippen molar-refractivity contribution < 1.29 is 9.00 Å². The molecule has 1 fully saturated rings. The third-order valence-corrected chi connectivity index (χ3v) is 4.10. The Morgan fingerprint density at radius 1 is 1.38 bits per heavy atom. The Morgan fingerprint density at radius 2 is 2.00 bits per heavy atom. The van der Waals surface area contributed by atoms with Crippen LogP contribution in [-0.2, 0) is 15.6 Å². The van der Waals surface area contributed by atoms with E-state index in [4.69, 9.17) is 0 Å². The molecule has 1 unspecified atom stereocenters. The molecule has 1 saturated carbocycles. The zero-order valence-corrected chi connectivity index (χ0v) is 9.07. The summed E-state index contributed by atoms with van der Waals surface area (Å²) in [6, 6.07) is 0. The van der Waals surface area contributed by atoms with Gasteiger partial charge in [0.25, 0.3) is 0 Å². The van der Waals surface area contributed by atoms with E-state index >= 15 is 0 Å². The maximum absolute atomic E-state index is 11.5. The monoisotopic (exact) mass is 202 g/mol. The number of carbonyl (C=O) groups is 1. The van der Waals surface area contributed by atoms with Crippen LogP contribution in [0.4, 0.5) is 0 Å². The molecule has 1 aliphatic rings. The number of Topliss-reactive ketones (excluding diaryl/α,β-unsaturated/α-hetero) is 1. The third-order valence-electron chi connectivity index (χ3n) is 2.61. The van der Waals surface area contributed by atoms with Crippen molar-refractivity contribution in [1.29, 1.82) is 0 Å². The van der Waals surface area contributed by atoms with Crippen molar-refractivity contribution in [2.45, 2.75) is 39.0 Å². The average Bonchev–Trinajstić information content (AvgIpc) is 2.56. The van der Waals surface area contributed by atoms with Gasteiger partial charge in [0.15, 0.2) is 0 Å². The molecule has 0 radical (unpaired) electrons. The highest BCUT2D eigenvalue weighted by molar-refractivity contribution is 7.85. The van der Waals surface area contributed by atoms with Gasteiger partial charge in [-0.15, -0.1) is 0 Å². The van der Waals surface area contributed by atoms with Gasteiger partial charge >= 0.3 is 0 Å². The summed E-state index contributed by atoms with van der Waals surface area (Å²) in [6.07, 6.45) is 5.52. The minimum atomic E-state index is -0.889. The lowest BCUT2D eigenvalue weighted by molar-refractivity contribution is -0.116. The molecule has 76 valence electrons. The zero-order valence-electron chi connectivity index (χ0n) is 8.25. The topological polar surface area (TPSA) is 34.1 Å². The highest BCUT2D eigenvalue weighted by atomic mass is 32.2. The van der Waals surface area contributed by atoms with Crippen LogP contribution in [0.25, 0.3) is 0 Å². The van der Waals surface area contributed by atoms with Gasteiger partial charge < -0.3 is 0 Å². The molecule has 0 aliphatic heterocycles. The molecule has 1 aliphatic carbocycles. The van der Waals surface area contributed by atoms with Gasteiger partial charge in [0.1, 0.15) is 5.78 Å². The van der Waals surface area contributed by atoms with Gasteiger partial charge in [-0.25, -0.2) is 0 Å². The van der Waals surface area contributed by atoms with E-state index < -0.39 is 10.8 Å². The van der Waals surface area contributed by atoms with Crippen molar-refractivity contribution in [3.8, 4) is 0 Å². The van der Waals surface area contributed by atoms with Crippen LogP contribution in [-0.4, -0.2) is 21.5 Å². The summed E-state index contributed by atoms with van der Waals surface area (Å²) < 4.78 is 11.5. The highest BCUT2D eigenvalue weighted by Crippen LogP contribution is 2.25. The SMILES string of the molecule is CCC(=O)CS(=O)CC1CCCC1. The first kappa shape index (κ1) is 10.9. The Hall–Kier alpha value is -0.180. The van der Waals surface area contributed by atoms with Crippen LogP contribution in [0.1, 0.15) is 39.0 Å². The van der Waals surface area contributed by atoms with Crippen LogP contribution in [0, 0.1) is 5.92 Å². The van der Waals surface area contributed by atoms with Crippen LogP contribution in [0.5, 0.6) is 0 Å². The lowest BCUT2D eigenvalue weighted by Gasteiger charge is -2.07. The normalized spacial score (nSPS) is 20.4. The number of carbonyl (C=O) groups excluding carboxylic acids is 1. The van der Waals surface area contributed by atoms with E-state index in [0.717, 1.165) is 5.75 Å². The predicted octanol–water partition coefficient (Wildman–Crippen LogP) is 1.90. The number of ketones is 1. The molecular weight excluding hydrogens is 184 g/mol. The van der Waals surface area contributed by atoms with Crippen molar-refractivity contribution in [2.75, 3.05) is 11.5 Å². The summed E-state index contributed by atoms with van der Waals surface area (Å²) in [5.41, 5.74) is 0. The van der Waals surface area contributed by atoms with Crippen LogP contribution in [0.3, 0.4) is 0 Å². The first-order chi connectivity index (χ1) is 6.22. The summed E-state index contributed by atoms with van der Waals surface area (Å²) in [7, 11) is -0.889. The van der Waals surface area contributed by atoms with Gasteiger partial charge in [0.2, 0.25) is 0 Å². The molecule has 0 bridgehead atoms. The quantitative estimate of drug-likeness (QED) is 0.682. The summed E-state index contributed by atoms with van der Waals surface area (Å²) in [5, 5.41) is 0. The largest absolute Gasteiger partial charge is 0.299 e. The standard InChI is InChI=1S/C10H18O2S/c1-2-10(11)8-13(12)7-9-5-3-4-6-9/h9H,2-8H2,1H3. The minimum absolute atomic E-state index is 0.135. The van der Waals surface area contributed by atoms with Gasteiger partial charge in [0, 0.05) is 23.0 Å². The van der Waals surface area contributed by atoms with Crippen LogP contribution in [0.15, 0.2) is 0 Å². The summed E-state index contributed by atoms with van der Waals surface area (Å²) in [4.78, 5) is 11.0. The Morgan fingerprint density at radius 3 is 2.54 bits per heavy atom. The van der Waals surface area contributed by atoms with Gasteiger partial charge in [-0.1, -0.05) is 19.8 Å². The van der Waals surface area contributed by atoms with E-state index in [0.29, 0.717) is 12.3 Å². The number of rotatable bonds is 5. The van der Waals surface area contributed by atoms with Crippen molar-refractivity contribution in [1.82, 2.24) is 0 Å². The Balaban J connectivity index is 2.20. The molecular formula is C10H18O2S. The third kappa shape index (κ3) is 4.03. The molecule has 2 nitrogen and oxygen atoms in total. The number of hydrogen-bond donors (Lipinski definition) is 0. The lowest BCUT2D eigenvalue weighted by atomic mass is 10.1. The molecule has 0 aromatic rings. The highest BCUT2D eigenvalue weighted by Gasteiger charge is 2.18. The molecule has 0 N–H and O–H groups in total. The average molecular weight is 202 g/mol. The van der Waals surface area contributed by atoms with Crippen molar-refractivity contribution in [3.63, 3.8) is 0 Å². The van der Waals surface area contributed by atoms with Gasteiger partial charge in [-0.2, -0.15) is 0 Å². The molecule has 0 aromatic carbocycles. The summed E-state index contributed by atoms with van der Waals surface area (Å²) in [5.74, 6) is 1.81. The molecule has 1 rings (SSSR count). The second kappa shape index (κ2) is 5.53. The Labute approximate surface area is 82.6 Å². The number of hydrogen-bond acceptors (Lipinski definition) is 2. The fourth-order valence-corrected chi connectivity index (χ4v) is 3.32. The Bertz CT molecular complexity index is 195. The van der Waals surface area contributed by atoms with Crippen molar-refractivity contribution >= 4 is 16.6 Å². The van der Waals surface area contributed by atoms with Crippen LogP contribution < -0.4 is 0 Å². The molecule has 0 spiro atoms. The maximum atomic E-state index is 11.5. The summed E-state index contributed by atoms with van der Waals surface area (Å²) in [6.45, 7) is 1.83. The van der Waals surface area contributed by atoms with Gasteiger partial charge in [-0.3, -0.25) is 9.00 Å². The molecule has 13 heavy (non-hydrogen) atoms. The Kier molecular flexibility index (Phi) is 4.64. The molecule has 3 heteroatoms. The smallest absolute Gasteiger partial charge is 0.145 e. The first-order valence-electron chi connectivity index (χ1n) is 5.09. The van der Waals surface area contributed by atoms with Crippen LogP contribution in [0.2, 0.25) is 0 Å². The van der Waals surface area contributed by atoms with E-state index in [2.05, 4.69) is 0 Å². The van der Waals surface area contributed by atoms with Crippen molar-refractivity contribution in [2.24, 2.45) is 5.92 Å². The van der Waals surface area contributed by atoms with Crippen LogP contribution >= 0.6 is 0 Å². The van der Waals surface area contributed by atoms with E-state index in [9.17, 15) is 9.00 Å². The fraction of sp³-hybridized carbons (Fsp3) is 0.900. The predicted molar refractivity (Wildman–Crippen MR) is 55.1 cm³/mol. The summed E-state index contributed by atoms with van der Waals surface area (Å²) >= 11 is 0.